The van der Waals surface area contributed by atoms with E-state index in [0.29, 0.717) is 30.8 Å². The van der Waals surface area contributed by atoms with Gasteiger partial charge in [0.15, 0.2) is 0 Å². The third-order valence-corrected chi connectivity index (χ3v) is 3.38. The van der Waals surface area contributed by atoms with Crippen LogP contribution in [0.1, 0.15) is 23.2 Å². The van der Waals surface area contributed by atoms with Gasteiger partial charge in [0, 0.05) is 19.0 Å². The first-order chi connectivity index (χ1) is 11.0. The molecule has 2 aromatic heterocycles. The van der Waals surface area contributed by atoms with Crippen LogP contribution in [-0.4, -0.2) is 27.1 Å². The Labute approximate surface area is 133 Å². The fourth-order valence-corrected chi connectivity index (χ4v) is 2.23. The van der Waals surface area contributed by atoms with Crippen LogP contribution >= 0.6 is 0 Å². The number of oxazole rings is 1. The molecule has 0 aliphatic carbocycles. The minimum absolute atomic E-state index is 0.285. The lowest BCUT2D eigenvalue weighted by Crippen LogP contribution is -2.18. The van der Waals surface area contributed by atoms with Crippen LogP contribution in [-0.2, 0) is 13.1 Å². The predicted octanol–water partition coefficient (Wildman–Crippen LogP) is 3.11. The van der Waals surface area contributed by atoms with Gasteiger partial charge in [-0.15, -0.1) is 10.2 Å². The van der Waals surface area contributed by atoms with E-state index < -0.39 is 0 Å². The van der Waals surface area contributed by atoms with E-state index in [1.54, 1.807) is 19.1 Å². The lowest BCUT2D eigenvalue weighted by Gasteiger charge is -2.12. The molecule has 0 fully saturated rings. The summed E-state index contributed by atoms with van der Waals surface area (Å²) in [7, 11) is 1.94. The van der Waals surface area contributed by atoms with Crippen molar-refractivity contribution in [3.63, 3.8) is 0 Å². The van der Waals surface area contributed by atoms with Crippen LogP contribution in [0, 0.1) is 19.7 Å². The van der Waals surface area contributed by atoms with Crippen molar-refractivity contribution >= 4 is 0 Å². The molecule has 0 atom stereocenters. The van der Waals surface area contributed by atoms with Gasteiger partial charge in [0.2, 0.25) is 17.7 Å². The van der Waals surface area contributed by atoms with E-state index >= 15 is 0 Å². The summed E-state index contributed by atoms with van der Waals surface area (Å²) >= 11 is 0. The maximum Gasteiger partial charge on any atom is 0.230 e. The van der Waals surface area contributed by atoms with Gasteiger partial charge in [0.05, 0.1) is 12.2 Å². The Morgan fingerprint density at radius 2 is 1.78 bits per heavy atom. The minimum Gasteiger partial charge on any atom is -0.441 e. The first kappa shape index (κ1) is 15.4. The van der Waals surface area contributed by atoms with Gasteiger partial charge in [-0.05, 0) is 38.2 Å². The Morgan fingerprint density at radius 3 is 2.43 bits per heavy atom. The maximum atomic E-state index is 13.0. The second kappa shape index (κ2) is 6.29. The molecule has 0 spiro atoms. The summed E-state index contributed by atoms with van der Waals surface area (Å²) in [6.07, 6.45) is 0. The van der Waals surface area contributed by atoms with Crippen LogP contribution in [0.2, 0.25) is 0 Å². The molecule has 120 valence electrons. The molecule has 0 saturated heterocycles. The van der Waals surface area contributed by atoms with Crippen molar-refractivity contribution in [3.8, 4) is 11.5 Å². The van der Waals surface area contributed by atoms with Crippen molar-refractivity contribution in [3.05, 3.63) is 53.3 Å². The molecular weight excluding hydrogens is 299 g/mol. The third-order valence-electron chi connectivity index (χ3n) is 3.38. The second-order valence-electron chi connectivity index (χ2n) is 5.42. The Morgan fingerprint density at radius 1 is 1.04 bits per heavy atom. The van der Waals surface area contributed by atoms with E-state index in [-0.39, 0.29) is 5.82 Å². The molecule has 0 radical (unpaired) electrons. The third kappa shape index (κ3) is 3.62. The Bertz CT molecular complexity index is 795. The quantitative estimate of drug-likeness (QED) is 0.720. The minimum atomic E-state index is -0.285. The van der Waals surface area contributed by atoms with Gasteiger partial charge in [-0.2, -0.15) is 0 Å². The number of hydrogen-bond acceptors (Lipinski definition) is 6. The van der Waals surface area contributed by atoms with Crippen LogP contribution in [0.3, 0.4) is 0 Å². The number of halogens is 1. The summed E-state index contributed by atoms with van der Waals surface area (Å²) in [5.74, 6) is 2.04. The van der Waals surface area contributed by atoms with Crippen molar-refractivity contribution < 1.29 is 13.2 Å². The van der Waals surface area contributed by atoms with E-state index in [1.165, 1.54) is 12.1 Å². The number of aryl methyl sites for hydroxylation is 2. The predicted molar refractivity (Wildman–Crippen MR) is 80.8 cm³/mol. The molecule has 2 heterocycles. The molecule has 0 aliphatic heterocycles. The zero-order valence-corrected chi connectivity index (χ0v) is 13.2. The molecule has 0 aliphatic rings. The van der Waals surface area contributed by atoms with Crippen molar-refractivity contribution in [1.29, 1.82) is 0 Å². The van der Waals surface area contributed by atoms with E-state index in [4.69, 9.17) is 8.83 Å². The molecule has 3 rings (SSSR count). The summed E-state index contributed by atoms with van der Waals surface area (Å²) < 4.78 is 24.0. The van der Waals surface area contributed by atoms with Gasteiger partial charge in [0.1, 0.15) is 11.6 Å². The molecule has 0 bridgehead atoms. The van der Waals surface area contributed by atoms with Gasteiger partial charge in [-0.1, -0.05) is 0 Å². The van der Waals surface area contributed by atoms with Gasteiger partial charge in [-0.25, -0.2) is 9.37 Å². The van der Waals surface area contributed by atoms with E-state index in [2.05, 4.69) is 15.2 Å². The number of nitrogens with zero attached hydrogens (tertiary/aromatic N) is 4. The molecule has 0 N–H and O–H groups in total. The van der Waals surface area contributed by atoms with E-state index in [0.717, 1.165) is 17.0 Å². The molecule has 0 saturated carbocycles. The summed E-state index contributed by atoms with van der Waals surface area (Å²) in [5, 5.41) is 7.78. The highest BCUT2D eigenvalue weighted by molar-refractivity contribution is 5.53. The standard InChI is InChI=1S/C16H17FN4O2/c1-10-14(8-21(3)9-15-20-19-11(2)23-15)18-16(22-10)12-4-6-13(17)7-5-12/h4-7H,8-9H2,1-3H3. The smallest absolute Gasteiger partial charge is 0.230 e. The number of rotatable bonds is 5. The number of hydrogen-bond donors (Lipinski definition) is 0. The van der Waals surface area contributed by atoms with Crippen LogP contribution in [0.15, 0.2) is 33.1 Å². The van der Waals surface area contributed by atoms with Gasteiger partial charge < -0.3 is 8.83 Å². The summed E-state index contributed by atoms with van der Waals surface area (Å²) in [5.41, 5.74) is 1.57. The molecular formula is C16H17FN4O2. The summed E-state index contributed by atoms with van der Waals surface area (Å²) in [6, 6.07) is 6.07. The molecule has 3 aromatic rings. The highest BCUT2D eigenvalue weighted by Gasteiger charge is 2.15. The first-order valence-electron chi connectivity index (χ1n) is 7.21. The largest absolute Gasteiger partial charge is 0.441 e. The van der Waals surface area contributed by atoms with Gasteiger partial charge in [-0.3, -0.25) is 4.90 Å². The molecule has 23 heavy (non-hydrogen) atoms. The van der Waals surface area contributed by atoms with Gasteiger partial charge in [0.25, 0.3) is 0 Å². The fraction of sp³-hybridized carbons (Fsp3) is 0.312. The second-order valence-corrected chi connectivity index (χ2v) is 5.42. The molecule has 0 amide bonds. The van der Waals surface area contributed by atoms with Crippen molar-refractivity contribution in [2.75, 3.05) is 7.05 Å². The first-order valence-corrected chi connectivity index (χ1v) is 7.21. The van der Waals surface area contributed by atoms with Crippen LogP contribution in [0.4, 0.5) is 4.39 Å². The monoisotopic (exact) mass is 316 g/mol. The van der Waals surface area contributed by atoms with Crippen molar-refractivity contribution in [1.82, 2.24) is 20.1 Å². The van der Waals surface area contributed by atoms with E-state index in [1.807, 2.05) is 18.9 Å². The lowest BCUT2D eigenvalue weighted by molar-refractivity contribution is 0.275. The summed E-state index contributed by atoms with van der Waals surface area (Å²) in [4.78, 5) is 6.51. The molecule has 6 nitrogen and oxygen atoms in total. The average molecular weight is 316 g/mol. The molecule has 1 aromatic carbocycles. The van der Waals surface area contributed by atoms with Crippen LogP contribution < -0.4 is 0 Å². The normalized spacial score (nSPS) is 11.3. The van der Waals surface area contributed by atoms with Crippen molar-refractivity contribution in [2.24, 2.45) is 0 Å². The fourth-order valence-electron chi connectivity index (χ4n) is 2.23. The Hall–Kier alpha value is -2.54. The highest BCUT2D eigenvalue weighted by Crippen LogP contribution is 2.22. The zero-order valence-electron chi connectivity index (χ0n) is 13.2. The van der Waals surface area contributed by atoms with E-state index in [9.17, 15) is 4.39 Å². The van der Waals surface area contributed by atoms with Crippen molar-refractivity contribution in [2.45, 2.75) is 26.9 Å². The zero-order chi connectivity index (χ0) is 16.4. The van der Waals surface area contributed by atoms with Crippen LogP contribution in [0.5, 0.6) is 0 Å². The van der Waals surface area contributed by atoms with Gasteiger partial charge >= 0.3 is 0 Å². The summed E-state index contributed by atoms with van der Waals surface area (Å²) in [6.45, 7) is 4.73. The highest BCUT2D eigenvalue weighted by atomic mass is 19.1. The maximum absolute atomic E-state index is 13.0. The SMILES string of the molecule is Cc1nnc(CN(C)Cc2nc(-c3ccc(F)cc3)oc2C)o1. The average Bonchev–Trinajstić information content (AvgIpc) is 3.06. The Kier molecular flexibility index (Phi) is 4.20. The lowest BCUT2D eigenvalue weighted by atomic mass is 10.2. The molecule has 0 unspecified atom stereocenters. The topological polar surface area (TPSA) is 68.2 Å². The molecule has 7 heteroatoms. The Balaban J connectivity index is 1.72. The van der Waals surface area contributed by atoms with Crippen LogP contribution in [0.25, 0.3) is 11.5 Å². The number of aromatic nitrogens is 3. The number of benzene rings is 1.